The molecule has 3 rings (SSSR count). The highest BCUT2D eigenvalue weighted by Gasteiger charge is 2.35. The van der Waals surface area contributed by atoms with Crippen LogP contribution in [0.25, 0.3) is 10.6 Å². The lowest BCUT2D eigenvalue weighted by molar-refractivity contribution is -0.0839. The summed E-state index contributed by atoms with van der Waals surface area (Å²) in [7, 11) is 1.63. The molecule has 0 aromatic carbocycles. The number of carbonyl (C=O) groups is 1. The lowest BCUT2D eigenvalue weighted by atomic mass is 9.78. The molecule has 0 bridgehead atoms. The zero-order chi connectivity index (χ0) is 22.2. The summed E-state index contributed by atoms with van der Waals surface area (Å²) >= 11 is 1.26. The van der Waals surface area contributed by atoms with E-state index in [1.165, 1.54) is 16.0 Å². The molecule has 2 atom stereocenters. The molecule has 0 unspecified atom stereocenters. The van der Waals surface area contributed by atoms with E-state index in [1.807, 2.05) is 20.8 Å². The van der Waals surface area contributed by atoms with E-state index in [0.717, 1.165) is 30.7 Å². The van der Waals surface area contributed by atoms with Crippen molar-refractivity contribution >= 4 is 17.2 Å². The van der Waals surface area contributed by atoms with Crippen molar-refractivity contribution in [2.45, 2.75) is 60.5 Å². The van der Waals surface area contributed by atoms with Gasteiger partial charge in [0.05, 0.1) is 23.1 Å². The highest BCUT2D eigenvalue weighted by molar-refractivity contribution is 7.17. The Bertz CT molecular complexity index is 1000. The van der Waals surface area contributed by atoms with E-state index in [4.69, 9.17) is 4.74 Å². The second-order valence-corrected chi connectivity index (χ2v) is 10.2. The van der Waals surface area contributed by atoms with Crippen LogP contribution in [0.5, 0.6) is 0 Å². The van der Waals surface area contributed by atoms with Crippen molar-refractivity contribution in [3.63, 3.8) is 0 Å². The SMILES string of the molecule is Cc1nc(-c2c(C)c(C)nn(C)c2=O)sc1C(=O)NC[C@H]1CCCO[C@H]1C(C)(C)C. The van der Waals surface area contributed by atoms with Crippen LogP contribution in [0.4, 0.5) is 0 Å². The van der Waals surface area contributed by atoms with Crippen molar-refractivity contribution in [2.75, 3.05) is 13.2 Å². The van der Waals surface area contributed by atoms with Gasteiger partial charge in [0.15, 0.2) is 0 Å². The van der Waals surface area contributed by atoms with Crippen LogP contribution in [-0.4, -0.2) is 39.9 Å². The number of hydrogen-bond acceptors (Lipinski definition) is 6. The van der Waals surface area contributed by atoms with Crippen LogP contribution in [0.1, 0.15) is 60.2 Å². The predicted octanol–water partition coefficient (Wildman–Crippen LogP) is 3.40. The molecule has 8 heteroatoms. The van der Waals surface area contributed by atoms with E-state index in [0.29, 0.717) is 27.7 Å². The van der Waals surface area contributed by atoms with Gasteiger partial charge in [-0.15, -0.1) is 11.3 Å². The third-order valence-electron chi connectivity index (χ3n) is 5.77. The van der Waals surface area contributed by atoms with Crippen LogP contribution in [-0.2, 0) is 11.8 Å². The monoisotopic (exact) mass is 432 g/mol. The number of amides is 1. The molecule has 1 fully saturated rings. The Hall–Kier alpha value is -2.06. The minimum atomic E-state index is -0.203. The first-order valence-electron chi connectivity index (χ1n) is 10.4. The topological polar surface area (TPSA) is 86.1 Å². The number of rotatable bonds is 4. The van der Waals surface area contributed by atoms with Crippen molar-refractivity contribution < 1.29 is 9.53 Å². The molecular weight excluding hydrogens is 400 g/mol. The average Bonchev–Trinajstić information content (AvgIpc) is 3.05. The van der Waals surface area contributed by atoms with Crippen molar-refractivity contribution in [2.24, 2.45) is 18.4 Å². The number of thiazole rings is 1. The van der Waals surface area contributed by atoms with Gasteiger partial charge in [-0.05, 0) is 44.6 Å². The van der Waals surface area contributed by atoms with Crippen molar-refractivity contribution in [1.29, 1.82) is 0 Å². The zero-order valence-electron chi connectivity index (χ0n) is 19.0. The molecule has 1 amide bonds. The van der Waals surface area contributed by atoms with Gasteiger partial charge in [-0.2, -0.15) is 5.10 Å². The lowest BCUT2D eigenvalue weighted by Gasteiger charge is -2.40. The molecule has 3 heterocycles. The van der Waals surface area contributed by atoms with Crippen molar-refractivity contribution in [3.05, 3.63) is 32.2 Å². The highest BCUT2D eigenvalue weighted by Crippen LogP contribution is 2.34. The third-order valence-corrected chi connectivity index (χ3v) is 6.94. The molecule has 2 aromatic rings. The van der Waals surface area contributed by atoms with E-state index in [-0.39, 0.29) is 28.9 Å². The second kappa shape index (κ2) is 8.59. The zero-order valence-corrected chi connectivity index (χ0v) is 19.8. The molecule has 0 spiro atoms. The molecule has 1 aliphatic rings. The van der Waals surface area contributed by atoms with Gasteiger partial charge >= 0.3 is 0 Å². The highest BCUT2D eigenvalue weighted by atomic mass is 32.1. The molecular formula is C22H32N4O3S. The molecule has 0 saturated carbocycles. The molecule has 2 aromatic heterocycles. The maximum atomic E-state index is 12.9. The average molecular weight is 433 g/mol. The van der Waals surface area contributed by atoms with E-state index in [2.05, 4.69) is 36.2 Å². The summed E-state index contributed by atoms with van der Waals surface area (Å²) in [4.78, 5) is 30.7. The van der Waals surface area contributed by atoms with E-state index >= 15 is 0 Å². The normalized spacial score (nSPS) is 19.7. The van der Waals surface area contributed by atoms with Gasteiger partial charge in [0, 0.05) is 26.1 Å². The fourth-order valence-corrected chi connectivity index (χ4v) is 5.20. The Labute approximate surface area is 181 Å². The van der Waals surface area contributed by atoms with Gasteiger partial charge in [0.1, 0.15) is 9.88 Å². The Morgan fingerprint density at radius 2 is 1.97 bits per heavy atom. The van der Waals surface area contributed by atoms with Gasteiger partial charge < -0.3 is 10.1 Å². The molecule has 0 aliphatic carbocycles. The summed E-state index contributed by atoms with van der Waals surface area (Å²) in [6.07, 6.45) is 2.18. The minimum absolute atomic E-state index is 0.0279. The Balaban J connectivity index is 1.81. The van der Waals surface area contributed by atoms with Crippen LogP contribution in [0.15, 0.2) is 4.79 Å². The molecule has 1 aliphatic heterocycles. The van der Waals surface area contributed by atoms with Gasteiger partial charge in [-0.1, -0.05) is 20.8 Å². The third kappa shape index (κ3) is 4.49. The number of aryl methyl sites for hydroxylation is 3. The van der Waals surface area contributed by atoms with Crippen LogP contribution in [0.3, 0.4) is 0 Å². The number of nitrogens with zero attached hydrogens (tertiary/aromatic N) is 3. The Morgan fingerprint density at radius 3 is 2.63 bits per heavy atom. The van der Waals surface area contributed by atoms with Crippen molar-refractivity contribution in [3.8, 4) is 10.6 Å². The lowest BCUT2D eigenvalue weighted by Crippen LogP contribution is -2.45. The maximum Gasteiger partial charge on any atom is 0.277 e. The van der Waals surface area contributed by atoms with Crippen LogP contribution < -0.4 is 10.9 Å². The largest absolute Gasteiger partial charge is 0.377 e. The summed E-state index contributed by atoms with van der Waals surface area (Å²) in [6, 6.07) is 0. The smallest absolute Gasteiger partial charge is 0.277 e. The summed E-state index contributed by atoms with van der Waals surface area (Å²) in [5.74, 6) is 0.141. The number of carbonyl (C=O) groups excluding carboxylic acids is 1. The number of ether oxygens (including phenoxy) is 1. The maximum absolute atomic E-state index is 12.9. The predicted molar refractivity (Wildman–Crippen MR) is 119 cm³/mol. The summed E-state index contributed by atoms with van der Waals surface area (Å²) < 4.78 is 7.35. The summed E-state index contributed by atoms with van der Waals surface area (Å²) in [5.41, 5.74) is 2.55. The van der Waals surface area contributed by atoms with Crippen LogP contribution >= 0.6 is 11.3 Å². The van der Waals surface area contributed by atoms with Crippen LogP contribution in [0, 0.1) is 32.1 Å². The first kappa shape index (κ1) is 22.6. The van der Waals surface area contributed by atoms with Gasteiger partial charge in [0.2, 0.25) is 0 Å². The summed E-state index contributed by atoms with van der Waals surface area (Å²) in [6.45, 7) is 13.4. The summed E-state index contributed by atoms with van der Waals surface area (Å²) in [5, 5.41) is 7.87. The molecule has 1 N–H and O–H groups in total. The van der Waals surface area contributed by atoms with Gasteiger partial charge in [-0.25, -0.2) is 9.67 Å². The molecule has 164 valence electrons. The minimum Gasteiger partial charge on any atom is -0.377 e. The quantitative estimate of drug-likeness (QED) is 0.800. The standard InChI is InChI=1S/C22H32N4O3S/c1-12-13(2)25-26(7)21(28)16(12)20-24-14(3)17(30-20)19(27)23-11-15-9-8-10-29-18(15)22(4,5)6/h15,18H,8-11H2,1-7H3,(H,23,27)/t15-,18-/m1/s1. The Morgan fingerprint density at radius 1 is 1.27 bits per heavy atom. The first-order chi connectivity index (χ1) is 14.0. The number of nitrogens with one attached hydrogen (secondary N) is 1. The fourth-order valence-electron chi connectivity index (χ4n) is 4.13. The molecule has 0 radical (unpaired) electrons. The molecule has 7 nitrogen and oxygen atoms in total. The fraction of sp³-hybridized carbons (Fsp3) is 0.636. The number of hydrogen-bond donors (Lipinski definition) is 1. The number of aromatic nitrogens is 3. The van der Waals surface area contributed by atoms with E-state index in [1.54, 1.807) is 7.05 Å². The van der Waals surface area contributed by atoms with E-state index in [9.17, 15) is 9.59 Å². The van der Waals surface area contributed by atoms with Crippen molar-refractivity contribution in [1.82, 2.24) is 20.1 Å². The van der Waals surface area contributed by atoms with Gasteiger partial charge in [-0.3, -0.25) is 9.59 Å². The van der Waals surface area contributed by atoms with Gasteiger partial charge in [0.25, 0.3) is 11.5 Å². The molecule has 30 heavy (non-hydrogen) atoms. The van der Waals surface area contributed by atoms with E-state index < -0.39 is 0 Å². The Kier molecular flexibility index (Phi) is 6.48. The molecule has 1 saturated heterocycles. The van der Waals surface area contributed by atoms with Crippen LogP contribution in [0.2, 0.25) is 0 Å². The second-order valence-electron chi connectivity index (χ2n) is 9.22. The first-order valence-corrected chi connectivity index (χ1v) is 11.2.